The Hall–Kier alpha value is -3.65. The minimum Gasteiger partial charge on any atom is -0.493 e. The molecule has 2 aromatic carbocycles. The molecule has 0 aliphatic carbocycles. The average molecular weight is 479 g/mol. The highest BCUT2D eigenvalue weighted by Crippen LogP contribution is 2.40. The number of rotatable bonds is 7. The number of allylic oxidation sites excluding steroid dienone is 1. The Morgan fingerprint density at radius 2 is 1.88 bits per heavy atom. The SMILES string of the molecule is CCOC(=O)C1=C(C)N=c2s/c(=C/c3ccccc3)c(=O)n2[C@@H]1c1cccc(OC)c1OCC. The zero-order valence-electron chi connectivity index (χ0n) is 19.5. The molecule has 1 aliphatic heterocycles. The lowest BCUT2D eigenvalue weighted by Crippen LogP contribution is -2.40. The van der Waals surface area contributed by atoms with Gasteiger partial charge in [0.2, 0.25) is 0 Å². The first-order chi connectivity index (χ1) is 16.5. The normalized spacial score (nSPS) is 15.5. The van der Waals surface area contributed by atoms with Gasteiger partial charge in [-0.3, -0.25) is 9.36 Å². The van der Waals surface area contributed by atoms with Gasteiger partial charge in [0.1, 0.15) is 6.04 Å². The molecule has 0 saturated heterocycles. The minimum atomic E-state index is -0.773. The number of nitrogens with zero attached hydrogens (tertiary/aromatic N) is 2. The number of hydrogen-bond donors (Lipinski definition) is 0. The molecule has 0 spiro atoms. The van der Waals surface area contributed by atoms with Crippen LogP contribution in [-0.2, 0) is 9.53 Å². The maximum atomic E-state index is 13.7. The summed E-state index contributed by atoms with van der Waals surface area (Å²) in [6.07, 6.45) is 1.83. The largest absolute Gasteiger partial charge is 0.493 e. The van der Waals surface area contributed by atoms with Gasteiger partial charge in [0.05, 0.1) is 36.1 Å². The molecule has 2 heterocycles. The summed E-state index contributed by atoms with van der Waals surface area (Å²) in [4.78, 5) is 31.9. The van der Waals surface area contributed by atoms with Gasteiger partial charge < -0.3 is 14.2 Å². The summed E-state index contributed by atoms with van der Waals surface area (Å²) >= 11 is 1.29. The first-order valence-electron chi connectivity index (χ1n) is 11.0. The highest BCUT2D eigenvalue weighted by molar-refractivity contribution is 7.07. The van der Waals surface area contributed by atoms with Gasteiger partial charge in [-0.25, -0.2) is 9.79 Å². The molecular formula is C26H26N2O5S. The highest BCUT2D eigenvalue weighted by atomic mass is 32.1. The predicted molar refractivity (Wildman–Crippen MR) is 131 cm³/mol. The van der Waals surface area contributed by atoms with E-state index in [-0.39, 0.29) is 12.2 Å². The van der Waals surface area contributed by atoms with Crippen molar-refractivity contribution in [2.24, 2.45) is 4.99 Å². The van der Waals surface area contributed by atoms with Gasteiger partial charge >= 0.3 is 5.97 Å². The fourth-order valence-electron chi connectivity index (χ4n) is 3.99. The van der Waals surface area contributed by atoms with Crippen LogP contribution >= 0.6 is 11.3 Å². The fraction of sp³-hybridized carbons (Fsp3) is 0.269. The summed E-state index contributed by atoms with van der Waals surface area (Å²) in [6, 6.07) is 14.3. The average Bonchev–Trinajstić information content (AvgIpc) is 3.13. The van der Waals surface area contributed by atoms with Crippen molar-refractivity contribution in [3.05, 3.63) is 90.6 Å². The quantitative estimate of drug-likeness (QED) is 0.488. The maximum absolute atomic E-state index is 13.7. The van der Waals surface area contributed by atoms with Crippen molar-refractivity contribution in [1.29, 1.82) is 0 Å². The zero-order chi connectivity index (χ0) is 24.2. The fourth-order valence-corrected chi connectivity index (χ4v) is 5.04. The first-order valence-corrected chi connectivity index (χ1v) is 11.9. The van der Waals surface area contributed by atoms with Crippen LogP contribution in [-0.4, -0.2) is 30.9 Å². The number of aromatic nitrogens is 1. The van der Waals surface area contributed by atoms with E-state index in [4.69, 9.17) is 14.2 Å². The monoisotopic (exact) mass is 478 g/mol. The topological polar surface area (TPSA) is 79.1 Å². The van der Waals surface area contributed by atoms with Crippen LogP contribution in [0.1, 0.15) is 37.9 Å². The Morgan fingerprint density at radius 3 is 2.56 bits per heavy atom. The van der Waals surface area contributed by atoms with Gasteiger partial charge in [-0.2, -0.15) is 0 Å². The number of methoxy groups -OCH3 is 1. The van der Waals surface area contributed by atoms with Gasteiger partial charge in [-0.1, -0.05) is 53.8 Å². The molecule has 1 atom stereocenters. The van der Waals surface area contributed by atoms with Gasteiger partial charge in [0.15, 0.2) is 16.3 Å². The molecule has 3 aromatic rings. The van der Waals surface area contributed by atoms with Crippen LogP contribution in [0.5, 0.6) is 11.5 Å². The molecule has 34 heavy (non-hydrogen) atoms. The van der Waals surface area contributed by atoms with Crippen LogP contribution in [0.25, 0.3) is 6.08 Å². The van der Waals surface area contributed by atoms with Crippen molar-refractivity contribution >= 4 is 23.4 Å². The summed E-state index contributed by atoms with van der Waals surface area (Å²) in [5.74, 6) is 0.478. The second kappa shape index (κ2) is 10.1. The summed E-state index contributed by atoms with van der Waals surface area (Å²) < 4.78 is 18.9. The van der Waals surface area contributed by atoms with Crippen molar-refractivity contribution in [2.45, 2.75) is 26.8 Å². The third kappa shape index (κ3) is 4.28. The summed E-state index contributed by atoms with van der Waals surface area (Å²) in [6.45, 7) is 5.97. The van der Waals surface area contributed by atoms with Gasteiger partial charge in [-0.15, -0.1) is 0 Å². The Labute approximate surface area is 201 Å². The summed E-state index contributed by atoms with van der Waals surface area (Å²) in [5, 5.41) is 0. The number of ether oxygens (including phenoxy) is 3. The number of esters is 1. The number of thiazole rings is 1. The molecule has 0 amide bonds. The van der Waals surface area contributed by atoms with Crippen LogP contribution in [0.15, 0.2) is 69.6 Å². The van der Waals surface area contributed by atoms with Crippen LogP contribution < -0.4 is 24.4 Å². The van der Waals surface area contributed by atoms with Crippen LogP contribution in [0.2, 0.25) is 0 Å². The van der Waals surface area contributed by atoms with Crippen molar-refractivity contribution < 1.29 is 19.0 Å². The van der Waals surface area contributed by atoms with E-state index in [2.05, 4.69) is 4.99 Å². The lowest BCUT2D eigenvalue weighted by Gasteiger charge is -2.26. The summed E-state index contributed by atoms with van der Waals surface area (Å²) in [5.41, 5.74) is 2.10. The van der Waals surface area contributed by atoms with Crippen molar-refractivity contribution in [3.8, 4) is 11.5 Å². The smallest absolute Gasteiger partial charge is 0.338 e. The van der Waals surface area contributed by atoms with E-state index >= 15 is 0 Å². The number of para-hydroxylation sites is 1. The molecule has 0 fully saturated rings. The lowest BCUT2D eigenvalue weighted by molar-refractivity contribution is -0.139. The molecule has 0 unspecified atom stereocenters. The van der Waals surface area contributed by atoms with E-state index < -0.39 is 12.0 Å². The number of fused-ring (bicyclic) bond motifs is 1. The molecule has 0 radical (unpaired) electrons. The number of carbonyl (C=O) groups is 1. The Bertz CT molecular complexity index is 1420. The molecule has 0 saturated carbocycles. The molecule has 4 rings (SSSR count). The second-order valence-corrected chi connectivity index (χ2v) is 8.53. The Balaban J connectivity index is 2.03. The molecule has 1 aromatic heterocycles. The van der Waals surface area contributed by atoms with E-state index in [1.807, 2.05) is 55.5 Å². The summed E-state index contributed by atoms with van der Waals surface area (Å²) in [7, 11) is 1.56. The Morgan fingerprint density at radius 1 is 1.12 bits per heavy atom. The Kier molecular flexibility index (Phi) is 6.98. The van der Waals surface area contributed by atoms with Gasteiger partial charge in [0.25, 0.3) is 5.56 Å². The van der Waals surface area contributed by atoms with Gasteiger partial charge in [-0.05, 0) is 38.5 Å². The molecular weight excluding hydrogens is 452 g/mol. The van der Waals surface area contributed by atoms with E-state index in [9.17, 15) is 9.59 Å². The van der Waals surface area contributed by atoms with Crippen molar-refractivity contribution in [1.82, 2.24) is 4.57 Å². The molecule has 0 N–H and O–H groups in total. The molecule has 0 bridgehead atoms. The number of benzene rings is 2. The van der Waals surface area contributed by atoms with Crippen LogP contribution in [0.4, 0.5) is 0 Å². The molecule has 8 heteroatoms. The lowest BCUT2D eigenvalue weighted by atomic mass is 9.94. The second-order valence-electron chi connectivity index (χ2n) is 7.52. The third-order valence-electron chi connectivity index (χ3n) is 5.43. The standard InChI is InChI=1S/C26H26N2O5S/c1-5-32-23-18(13-10-14-19(23)31-4)22-21(25(30)33-6-2)16(3)27-26-28(22)24(29)20(34-26)15-17-11-8-7-9-12-17/h7-15,22H,5-6H2,1-4H3/b20-15+/t22-/m1/s1. The van der Waals surface area contributed by atoms with Crippen molar-refractivity contribution in [2.75, 3.05) is 20.3 Å². The van der Waals surface area contributed by atoms with Crippen LogP contribution in [0.3, 0.4) is 0 Å². The number of hydrogen-bond acceptors (Lipinski definition) is 7. The van der Waals surface area contributed by atoms with E-state index in [1.54, 1.807) is 31.6 Å². The van der Waals surface area contributed by atoms with Gasteiger partial charge in [0, 0.05) is 5.56 Å². The maximum Gasteiger partial charge on any atom is 0.338 e. The minimum absolute atomic E-state index is 0.206. The third-order valence-corrected chi connectivity index (χ3v) is 6.41. The zero-order valence-corrected chi connectivity index (χ0v) is 20.3. The highest BCUT2D eigenvalue weighted by Gasteiger charge is 2.35. The first kappa shape index (κ1) is 23.5. The van der Waals surface area contributed by atoms with E-state index in [0.29, 0.717) is 44.3 Å². The molecule has 1 aliphatic rings. The van der Waals surface area contributed by atoms with Crippen LogP contribution in [0, 0.1) is 0 Å². The predicted octanol–water partition coefficient (Wildman–Crippen LogP) is 3.21. The van der Waals surface area contributed by atoms with Crippen molar-refractivity contribution in [3.63, 3.8) is 0 Å². The molecule has 7 nitrogen and oxygen atoms in total. The van der Waals surface area contributed by atoms with E-state index in [0.717, 1.165) is 5.56 Å². The van der Waals surface area contributed by atoms with E-state index in [1.165, 1.54) is 11.3 Å². The molecule has 176 valence electrons. The number of carbonyl (C=O) groups excluding carboxylic acids is 1.